The SMILES string of the molecule is CC(C)=CCC/C(C)=C/CC/C(C)=C/CC/C(C)=C/CCc1c(C)oc(C)c1F. The summed E-state index contributed by atoms with van der Waals surface area (Å²) in [6.45, 7) is 14.5. The van der Waals surface area contributed by atoms with Crippen LogP contribution in [0.2, 0.25) is 0 Å². The molecular formula is C27H41FO. The third-order valence-electron chi connectivity index (χ3n) is 5.35. The Morgan fingerprint density at radius 2 is 1.14 bits per heavy atom. The molecule has 0 unspecified atom stereocenters. The van der Waals surface area contributed by atoms with Crippen LogP contribution in [-0.4, -0.2) is 0 Å². The van der Waals surface area contributed by atoms with Crippen LogP contribution in [-0.2, 0) is 6.42 Å². The molecule has 1 nitrogen and oxygen atoms in total. The van der Waals surface area contributed by atoms with E-state index in [9.17, 15) is 4.39 Å². The lowest BCUT2D eigenvalue weighted by Gasteiger charge is -2.03. The smallest absolute Gasteiger partial charge is 0.167 e. The molecule has 0 radical (unpaired) electrons. The fraction of sp³-hybridized carbons (Fsp3) is 0.556. The fourth-order valence-corrected chi connectivity index (χ4v) is 3.44. The summed E-state index contributed by atoms with van der Waals surface area (Å²) in [6, 6.07) is 0. The van der Waals surface area contributed by atoms with Gasteiger partial charge in [-0.05, 0) is 99.8 Å². The van der Waals surface area contributed by atoms with E-state index in [1.54, 1.807) is 6.92 Å². The number of hydrogen-bond acceptors (Lipinski definition) is 1. The Balaban J connectivity index is 2.30. The van der Waals surface area contributed by atoms with Gasteiger partial charge in [0.15, 0.2) is 5.82 Å². The average molecular weight is 401 g/mol. The monoisotopic (exact) mass is 400 g/mol. The van der Waals surface area contributed by atoms with Crippen LogP contribution in [0.5, 0.6) is 0 Å². The molecule has 0 bridgehead atoms. The van der Waals surface area contributed by atoms with Crippen molar-refractivity contribution < 1.29 is 8.81 Å². The molecule has 0 atom stereocenters. The first-order valence-electron chi connectivity index (χ1n) is 11.0. The maximum absolute atomic E-state index is 14.0. The van der Waals surface area contributed by atoms with Gasteiger partial charge >= 0.3 is 0 Å². The number of aryl methyl sites for hydroxylation is 2. The molecule has 0 saturated carbocycles. The molecule has 1 heterocycles. The molecular weight excluding hydrogens is 359 g/mol. The van der Waals surface area contributed by atoms with Crippen molar-refractivity contribution in [2.45, 2.75) is 99.8 Å². The van der Waals surface area contributed by atoms with E-state index in [0.29, 0.717) is 17.9 Å². The van der Waals surface area contributed by atoms with E-state index in [4.69, 9.17) is 4.42 Å². The van der Waals surface area contributed by atoms with Crippen molar-refractivity contribution in [2.75, 3.05) is 0 Å². The van der Waals surface area contributed by atoms with Crippen LogP contribution in [0.1, 0.15) is 96.6 Å². The molecule has 0 aliphatic rings. The van der Waals surface area contributed by atoms with Crippen molar-refractivity contribution in [3.63, 3.8) is 0 Å². The molecule has 2 heteroatoms. The second-order valence-corrected chi connectivity index (χ2v) is 8.59. The van der Waals surface area contributed by atoms with Crippen LogP contribution in [0.25, 0.3) is 0 Å². The Bertz CT molecular complexity index is 752. The summed E-state index contributed by atoms with van der Waals surface area (Å²) < 4.78 is 19.3. The molecule has 1 aromatic rings. The minimum atomic E-state index is -0.173. The topological polar surface area (TPSA) is 13.1 Å². The molecule has 0 saturated heterocycles. The summed E-state index contributed by atoms with van der Waals surface area (Å²) in [6.07, 6.45) is 17.6. The fourth-order valence-electron chi connectivity index (χ4n) is 3.44. The van der Waals surface area contributed by atoms with E-state index in [0.717, 1.165) is 44.1 Å². The molecule has 1 rings (SSSR count). The number of allylic oxidation sites excluding steroid dienone is 8. The molecule has 0 aliphatic carbocycles. The normalized spacial score (nSPS) is 13.2. The standard InChI is InChI=1S/C27H41FO/c1-20(2)12-8-13-21(3)14-9-15-22(4)16-10-17-23(5)18-11-19-26-24(6)29-25(7)27(26)28/h12,14,16,18H,8-11,13,15,17,19H2,1-7H3/b21-14+,22-16+,23-18+. The van der Waals surface area contributed by atoms with Crippen LogP contribution >= 0.6 is 0 Å². The summed E-state index contributed by atoms with van der Waals surface area (Å²) in [4.78, 5) is 0. The largest absolute Gasteiger partial charge is 0.463 e. The highest BCUT2D eigenvalue weighted by molar-refractivity contribution is 5.23. The van der Waals surface area contributed by atoms with Gasteiger partial charge in [-0.15, -0.1) is 0 Å². The first-order chi connectivity index (χ1) is 13.7. The molecule has 162 valence electrons. The summed E-state index contributed by atoms with van der Waals surface area (Å²) in [7, 11) is 0. The molecule has 0 spiro atoms. The maximum Gasteiger partial charge on any atom is 0.167 e. The predicted octanol–water partition coefficient (Wildman–Crippen LogP) is 9.11. The Labute approximate surface area is 178 Å². The van der Waals surface area contributed by atoms with Crippen LogP contribution in [0.4, 0.5) is 4.39 Å². The molecule has 1 aromatic heterocycles. The highest BCUT2D eigenvalue weighted by Crippen LogP contribution is 2.22. The van der Waals surface area contributed by atoms with Gasteiger partial charge in [0.25, 0.3) is 0 Å². The third kappa shape index (κ3) is 10.5. The number of furan rings is 1. The summed E-state index contributed by atoms with van der Waals surface area (Å²) in [5.74, 6) is 0.941. The van der Waals surface area contributed by atoms with Gasteiger partial charge in [0, 0.05) is 5.56 Å². The van der Waals surface area contributed by atoms with E-state index >= 15 is 0 Å². The molecule has 0 amide bonds. The van der Waals surface area contributed by atoms with E-state index in [2.05, 4.69) is 58.9 Å². The first kappa shape index (κ1) is 25.2. The Hall–Kier alpha value is -1.83. The van der Waals surface area contributed by atoms with Gasteiger partial charge in [-0.1, -0.05) is 46.6 Å². The lowest BCUT2D eigenvalue weighted by Crippen LogP contribution is -1.89. The van der Waals surface area contributed by atoms with Crippen molar-refractivity contribution >= 4 is 0 Å². The van der Waals surface area contributed by atoms with Crippen LogP contribution in [0.3, 0.4) is 0 Å². The number of halogens is 1. The Morgan fingerprint density at radius 3 is 1.55 bits per heavy atom. The number of hydrogen-bond donors (Lipinski definition) is 0. The highest BCUT2D eigenvalue weighted by Gasteiger charge is 2.13. The zero-order chi connectivity index (χ0) is 21.8. The summed E-state index contributed by atoms with van der Waals surface area (Å²) in [5, 5.41) is 0. The van der Waals surface area contributed by atoms with Crippen molar-refractivity contribution in [2.24, 2.45) is 0 Å². The quantitative estimate of drug-likeness (QED) is 0.319. The molecule has 0 aliphatic heterocycles. The Kier molecular flexibility index (Phi) is 11.7. The van der Waals surface area contributed by atoms with Gasteiger partial charge in [0.1, 0.15) is 11.5 Å². The van der Waals surface area contributed by atoms with Gasteiger partial charge in [0.05, 0.1) is 0 Å². The molecule has 0 aromatic carbocycles. The van der Waals surface area contributed by atoms with E-state index in [1.807, 2.05) is 6.92 Å². The van der Waals surface area contributed by atoms with Crippen molar-refractivity contribution in [1.29, 1.82) is 0 Å². The highest BCUT2D eigenvalue weighted by atomic mass is 19.1. The van der Waals surface area contributed by atoms with Gasteiger partial charge in [-0.25, -0.2) is 4.39 Å². The molecule has 0 N–H and O–H groups in total. The van der Waals surface area contributed by atoms with Crippen LogP contribution in [0, 0.1) is 19.7 Å². The van der Waals surface area contributed by atoms with Crippen molar-refractivity contribution in [3.8, 4) is 0 Å². The van der Waals surface area contributed by atoms with Gasteiger partial charge in [0.2, 0.25) is 0 Å². The van der Waals surface area contributed by atoms with Crippen molar-refractivity contribution in [1.82, 2.24) is 0 Å². The Morgan fingerprint density at radius 1 is 0.690 bits per heavy atom. The second-order valence-electron chi connectivity index (χ2n) is 8.59. The summed E-state index contributed by atoms with van der Waals surface area (Å²) >= 11 is 0. The number of rotatable bonds is 12. The first-order valence-corrected chi connectivity index (χ1v) is 11.0. The summed E-state index contributed by atoms with van der Waals surface area (Å²) in [5.41, 5.74) is 6.47. The lowest BCUT2D eigenvalue weighted by molar-refractivity contribution is 0.478. The molecule has 0 fully saturated rings. The zero-order valence-electron chi connectivity index (χ0n) is 19.8. The van der Waals surface area contributed by atoms with Crippen LogP contribution < -0.4 is 0 Å². The van der Waals surface area contributed by atoms with E-state index < -0.39 is 0 Å². The second kappa shape index (κ2) is 13.4. The van der Waals surface area contributed by atoms with Gasteiger partial charge in [-0.2, -0.15) is 0 Å². The van der Waals surface area contributed by atoms with Gasteiger partial charge < -0.3 is 4.42 Å². The van der Waals surface area contributed by atoms with E-state index in [-0.39, 0.29) is 5.82 Å². The zero-order valence-corrected chi connectivity index (χ0v) is 19.8. The van der Waals surface area contributed by atoms with Crippen molar-refractivity contribution in [3.05, 3.63) is 69.5 Å². The maximum atomic E-state index is 14.0. The minimum absolute atomic E-state index is 0.173. The van der Waals surface area contributed by atoms with Gasteiger partial charge in [-0.3, -0.25) is 0 Å². The minimum Gasteiger partial charge on any atom is -0.463 e. The third-order valence-corrected chi connectivity index (χ3v) is 5.35. The predicted molar refractivity (Wildman–Crippen MR) is 125 cm³/mol. The average Bonchev–Trinajstić information content (AvgIpc) is 2.87. The molecule has 29 heavy (non-hydrogen) atoms. The van der Waals surface area contributed by atoms with Crippen LogP contribution in [0.15, 0.2) is 51.0 Å². The van der Waals surface area contributed by atoms with E-state index in [1.165, 1.54) is 28.7 Å². The lowest BCUT2D eigenvalue weighted by atomic mass is 10.0.